The van der Waals surface area contributed by atoms with Crippen LogP contribution in [0.1, 0.15) is 21.5 Å². The molecule has 0 saturated heterocycles. The summed E-state index contributed by atoms with van der Waals surface area (Å²) in [6.07, 6.45) is 0. The number of hydrogen-bond acceptors (Lipinski definition) is 4. The van der Waals surface area contributed by atoms with E-state index in [1.54, 1.807) is 36.4 Å². The standard InChI is InChI=1S/C23H21NO4/c1-16-9-8-10-17(2)22(16)24-21(25)15-27-23(26)19-13-6-7-14-20(19)28-18-11-4-3-5-12-18/h3-14H,15H2,1-2H3,(H,24,25). The molecule has 5 nitrogen and oxygen atoms in total. The van der Waals surface area contributed by atoms with E-state index in [4.69, 9.17) is 9.47 Å². The highest BCUT2D eigenvalue weighted by Gasteiger charge is 2.16. The Morgan fingerprint density at radius 3 is 2.18 bits per heavy atom. The number of aryl methyl sites for hydroxylation is 2. The van der Waals surface area contributed by atoms with Crippen molar-refractivity contribution < 1.29 is 19.1 Å². The Morgan fingerprint density at radius 2 is 1.46 bits per heavy atom. The van der Waals surface area contributed by atoms with Gasteiger partial charge in [0.2, 0.25) is 0 Å². The fourth-order valence-corrected chi connectivity index (χ4v) is 2.74. The van der Waals surface area contributed by atoms with Gasteiger partial charge in [-0.25, -0.2) is 4.79 Å². The maximum absolute atomic E-state index is 12.5. The van der Waals surface area contributed by atoms with E-state index >= 15 is 0 Å². The molecule has 3 aromatic rings. The normalized spacial score (nSPS) is 10.2. The van der Waals surface area contributed by atoms with Gasteiger partial charge in [0, 0.05) is 5.69 Å². The SMILES string of the molecule is Cc1cccc(C)c1NC(=O)COC(=O)c1ccccc1Oc1ccccc1. The topological polar surface area (TPSA) is 64.6 Å². The number of anilines is 1. The quantitative estimate of drug-likeness (QED) is 0.623. The molecule has 1 N–H and O–H groups in total. The molecule has 0 bridgehead atoms. The molecule has 0 heterocycles. The summed E-state index contributed by atoms with van der Waals surface area (Å²) in [5.74, 6) is -0.0419. The van der Waals surface area contributed by atoms with Crippen LogP contribution >= 0.6 is 0 Å². The molecule has 142 valence electrons. The summed E-state index contributed by atoms with van der Waals surface area (Å²) in [6, 6.07) is 21.6. The maximum atomic E-state index is 12.5. The predicted octanol–water partition coefficient (Wildman–Crippen LogP) is 4.89. The van der Waals surface area contributed by atoms with Gasteiger partial charge in [0.15, 0.2) is 6.61 Å². The zero-order valence-electron chi connectivity index (χ0n) is 15.8. The lowest BCUT2D eigenvalue weighted by Gasteiger charge is -2.13. The lowest BCUT2D eigenvalue weighted by molar-refractivity contribution is -0.119. The Kier molecular flexibility index (Phi) is 6.07. The number of esters is 1. The first kappa shape index (κ1) is 19.2. The van der Waals surface area contributed by atoms with E-state index < -0.39 is 11.9 Å². The van der Waals surface area contributed by atoms with Crippen molar-refractivity contribution in [1.29, 1.82) is 0 Å². The molecule has 0 aliphatic rings. The molecule has 0 unspecified atom stereocenters. The van der Waals surface area contributed by atoms with Crippen LogP contribution < -0.4 is 10.1 Å². The van der Waals surface area contributed by atoms with Crippen molar-refractivity contribution >= 4 is 17.6 Å². The zero-order valence-corrected chi connectivity index (χ0v) is 15.8. The van der Waals surface area contributed by atoms with Crippen molar-refractivity contribution in [2.24, 2.45) is 0 Å². The predicted molar refractivity (Wildman–Crippen MR) is 108 cm³/mol. The number of amides is 1. The number of carbonyl (C=O) groups is 2. The van der Waals surface area contributed by atoms with Crippen LogP contribution in [0.2, 0.25) is 0 Å². The molecule has 28 heavy (non-hydrogen) atoms. The molecule has 0 atom stereocenters. The highest BCUT2D eigenvalue weighted by Crippen LogP contribution is 2.25. The maximum Gasteiger partial charge on any atom is 0.342 e. The van der Waals surface area contributed by atoms with Crippen molar-refractivity contribution in [3.63, 3.8) is 0 Å². The molecule has 0 aliphatic carbocycles. The van der Waals surface area contributed by atoms with Gasteiger partial charge in [0.05, 0.1) is 0 Å². The summed E-state index contributed by atoms with van der Waals surface area (Å²) in [4.78, 5) is 24.7. The van der Waals surface area contributed by atoms with Crippen molar-refractivity contribution in [3.8, 4) is 11.5 Å². The van der Waals surface area contributed by atoms with Crippen molar-refractivity contribution in [3.05, 3.63) is 89.5 Å². The molecular formula is C23H21NO4. The third-order valence-electron chi connectivity index (χ3n) is 4.16. The van der Waals surface area contributed by atoms with Crippen LogP contribution in [-0.4, -0.2) is 18.5 Å². The average Bonchev–Trinajstić information content (AvgIpc) is 2.70. The second kappa shape index (κ2) is 8.86. The minimum absolute atomic E-state index is 0.256. The largest absolute Gasteiger partial charge is 0.456 e. The second-order valence-electron chi connectivity index (χ2n) is 6.30. The Hall–Kier alpha value is -3.60. The van der Waals surface area contributed by atoms with Crippen LogP contribution in [0.3, 0.4) is 0 Å². The van der Waals surface area contributed by atoms with Crippen molar-refractivity contribution in [2.75, 3.05) is 11.9 Å². The minimum Gasteiger partial charge on any atom is -0.456 e. The minimum atomic E-state index is -0.622. The third-order valence-corrected chi connectivity index (χ3v) is 4.16. The third kappa shape index (κ3) is 4.76. The second-order valence-corrected chi connectivity index (χ2v) is 6.30. The fourth-order valence-electron chi connectivity index (χ4n) is 2.74. The van der Waals surface area contributed by atoms with Crippen LogP contribution in [0.15, 0.2) is 72.8 Å². The van der Waals surface area contributed by atoms with E-state index in [1.807, 2.05) is 50.2 Å². The summed E-state index contributed by atoms with van der Waals surface area (Å²) in [5.41, 5.74) is 2.88. The lowest BCUT2D eigenvalue weighted by Crippen LogP contribution is -2.22. The first-order valence-corrected chi connectivity index (χ1v) is 8.89. The van der Waals surface area contributed by atoms with Gasteiger partial charge < -0.3 is 14.8 Å². The van der Waals surface area contributed by atoms with E-state index in [-0.39, 0.29) is 12.2 Å². The van der Waals surface area contributed by atoms with Gasteiger partial charge in [-0.15, -0.1) is 0 Å². The summed E-state index contributed by atoms with van der Waals surface area (Å²) in [6.45, 7) is 3.43. The molecule has 1 amide bonds. The lowest BCUT2D eigenvalue weighted by atomic mass is 10.1. The Balaban J connectivity index is 1.64. The Morgan fingerprint density at radius 1 is 0.821 bits per heavy atom. The van der Waals surface area contributed by atoms with E-state index in [0.29, 0.717) is 11.5 Å². The average molecular weight is 375 g/mol. The zero-order chi connectivity index (χ0) is 19.9. The summed E-state index contributed by atoms with van der Waals surface area (Å²) in [7, 11) is 0. The molecule has 0 spiro atoms. The van der Waals surface area contributed by atoms with E-state index in [1.165, 1.54) is 0 Å². The van der Waals surface area contributed by atoms with Gasteiger partial charge in [-0.05, 0) is 49.2 Å². The van der Waals surface area contributed by atoms with Crippen molar-refractivity contribution in [1.82, 2.24) is 0 Å². The molecule has 3 aromatic carbocycles. The van der Waals surface area contributed by atoms with Gasteiger partial charge in [0.25, 0.3) is 5.91 Å². The highest BCUT2D eigenvalue weighted by molar-refractivity contribution is 5.97. The van der Waals surface area contributed by atoms with Crippen LogP contribution in [0.25, 0.3) is 0 Å². The number of rotatable bonds is 6. The summed E-state index contributed by atoms with van der Waals surface area (Å²) >= 11 is 0. The van der Waals surface area contributed by atoms with Crippen LogP contribution in [-0.2, 0) is 9.53 Å². The van der Waals surface area contributed by atoms with Gasteiger partial charge >= 0.3 is 5.97 Å². The summed E-state index contributed by atoms with van der Waals surface area (Å²) in [5, 5.41) is 2.79. The van der Waals surface area contributed by atoms with E-state index in [9.17, 15) is 9.59 Å². The number of para-hydroxylation sites is 3. The molecule has 5 heteroatoms. The summed E-state index contributed by atoms with van der Waals surface area (Å²) < 4.78 is 11.0. The van der Waals surface area contributed by atoms with Gasteiger partial charge in [-0.1, -0.05) is 48.5 Å². The Labute approximate surface area is 163 Å². The molecule has 0 fully saturated rings. The molecule has 0 radical (unpaired) electrons. The fraction of sp³-hybridized carbons (Fsp3) is 0.130. The van der Waals surface area contributed by atoms with Gasteiger partial charge in [-0.3, -0.25) is 4.79 Å². The number of nitrogens with one attached hydrogen (secondary N) is 1. The smallest absolute Gasteiger partial charge is 0.342 e. The molecule has 3 rings (SSSR count). The number of hydrogen-bond donors (Lipinski definition) is 1. The number of benzene rings is 3. The Bertz CT molecular complexity index is 963. The monoisotopic (exact) mass is 375 g/mol. The van der Waals surface area contributed by atoms with Crippen molar-refractivity contribution in [2.45, 2.75) is 13.8 Å². The molecule has 0 aliphatic heterocycles. The molecular weight excluding hydrogens is 354 g/mol. The van der Waals surface area contributed by atoms with Gasteiger partial charge in [-0.2, -0.15) is 0 Å². The van der Waals surface area contributed by atoms with Crippen LogP contribution in [0, 0.1) is 13.8 Å². The number of carbonyl (C=O) groups excluding carboxylic acids is 2. The van der Waals surface area contributed by atoms with E-state index in [2.05, 4.69) is 5.32 Å². The van der Waals surface area contributed by atoms with Crippen LogP contribution in [0.5, 0.6) is 11.5 Å². The first-order chi connectivity index (χ1) is 13.5. The van der Waals surface area contributed by atoms with E-state index in [0.717, 1.165) is 16.8 Å². The molecule has 0 aromatic heterocycles. The number of ether oxygens (including phenoxy) is 2. The first-order valence-electron chi connectivity index (χ1n) is 8.89. The van der Waals surface area contributed by atoms with Gasteiger partial charge in [0.1, 0.15) is 17.1 Å². The highest BCUT2D eigenvalue weighted by atomic mass is 16.5. The van der Waals surface area contributed by atoms with Crippen LogP contribution in [0.4, 0.5) is 5.69 Å². The molecule has 0 saturated carbocycles.